The zero-order chi connectivity index (χ0) is 14.1. The van der Waals surface area contributed by atoms with Crippen LogP contribution in [-0.2, 0) is 0 Å². The number of benzene rings is 1. The molecule has 4 nitrogen and oxygen atoms in total. The highest BCUT2D eigenvalue weighted by Crippen LogP contribution is 2.34. The summed E-state index contributed by atoms with van der Waals surface area (Å²) in [5, 5.41) is 0.402. The van der Waals surface area contributed by atoms with Crippen LogP contribution in [0, 0.1) is 6.92 Å². The highest BCUT2D eigenvalue weighted by molar-refractivity contribution is 9.10. The topological polar surface area (TPSA) is 44.2 Å². The fourth-order valence-corrected chi connectivity index (χ4v) is 2.35. The smallest absolute Gasteiger partial charge is 0.161 e. The summed E-state index contributed by atoms with van der Waals surface area (Å²) in [5.74, 6) is 2.05. The van der Waals surface area contributed by atoms with Gasteiger partial charge in [-0.05, 0) is 41.1 Å². The molecule has 0 saturated heterocycles. The maximum absolute atomic E-state index is 6.08. The molecule has 0 aliphatic carbocycles. The summed E-state index contributed by atoms with van der Waals surface area (Å²) in [6, 6.07) is 5.68. The van der Waals surface area contributed by atoms with Crippen LogP contribution in [0.15, 0.2) is 22.7 Å². The van der Waals surface area contributed by atoms with E-state index >= 15 is 0 Å². The number of hydrogen-bond acceptors (Lipinski definition) is 4. The minimum atomic E-state index is 0.402. The summed E-state index contributed by atoms with van der Waals surface area (Å²) in [6.07, 6.45) is 0.879. The van der Waals surface area contributed by atoms with E-state index in [1.807, 2.05) is 25.1 Å². The van der Waals surface area contributed by atoms with Crippen molar-refractivity contribution in [1.82, 2.24) is 9.97 Å². The second-order valence-electron chi connectivity index (χ2n) is 4.45. The Hall–Kier alpha value is -1.33. The standard InChI is InChI=1S/C14H12BrClN2O2/c1-8-12(15)13(16)18-14(17-8)9-3-4-10-11(7-9)20-6-2-5-19-10/h3-4,7H,2,5-6H2,1H3. The van der Waals surface area contributed by atoms with Gasteiger partial charge in [0, 0.05) is 12.0 Å². The Bertz CT molecular complexity index is 641. The molecule has 104 valence electrons. The lowest BCUT2D eigenvalue weighted by Crippen LogP contribution is -1.97. The quantitative estimate of drug-likeness (QED) is 0.725. The molecule has 3 rings (SSSR count). The van der Waals surface area contributed by atoms with Gasteiger partial charge >= 0.3 is 0 Å². The van der Waals surface area contributed by atoms with Gasteiger partial charge in [0.2, 0.25) is 0 Å². The van der Waals surface area contributed by atoms with E-state index in [0.717, 1.165) is 33.6 Å². The van der Waals surface area contributed by atoms with E-state index in [9.17, 15) is 0 Å². The van der Waals surface area contributed by atoms with Gasteiger partial charge in [0.25, 0.3) is 0 Å². The van der Waals surface area contributed by atoms with Crippen molar-refractivity contribution in [3.05, 3.63) is 33.5 Å². The molecule has 0 N–H and O–H groups in total. The molecule has 6 heteroatoms. The molecular formula is C14H12BrClN2O2. The van der Waals surface area contributed by atoms with Crippen molar-refractivity contribution in [3.8, 4) is 22.9 Å². The van der Waals surface area contributed by atoms with E-state index in [1.54, 1.807) is 0 Å². The molecule has 0 fully saturated rings. The molecule has 1 aromatic heterocycles. The SMILES string of the molecule is Cc1nc(-c2ccc3c(c2)OCCCO3)nc(Cl)c1Br. The van der Waals surface area contributed by atoms with E-state index in [0.29, 0.717) is 24.2 Å². The van der Waals surface area contributed by atoms with Crippen LogP contribution >= 0.6 is 27.5 Å². The largest absolute Gasteiger partial charge is 0.490 e. The van der Waals surface area contributed by atoms with Crippen molar-refractivity contribution in [3.63, 3.8) is 0 Å². The van der Waals surface area contributed by atoms with E-state index < -0.39 is 0 Å². The number of hydrogen-bond donors (Lipinski definition) is 0. The van der Waals surface area contributed by atoms with Crippen LogP contribution in [0.3, 0.4) is 0 Å². The number of aromatic nitrogens is 2. The first-order chi connectivity index (χ1) is 9.65. The predicted molar refractivity (Wildman–Crippen MR) is 80.5 cm³/mol. The second kappa shape index (κ2) is 5.58. The molecule has 0 atom stereocenters. The van der Waals surface area contributed by atoms with E-state index in [2.05, 4.69) is 25.9 Å². The Morgan fingerprint density at radius 2 is 1.90 bits per heavy atom. The number of aryl methyl sites for hydroxylation is 1. The molecular weight excluding hydrogens is 344 g/mol. The molecule has 1 aliphatic rings. The van der Waals surface area contributed by atoms with Crippen LogP contribution in [0.2, 0.25) is 5.15 Å². The van der Waals surface area contributed by atoms with Gasteiger partial charge in [-0.3, -0.25) is 0 Å². The van der Waals surface area contributed by atoms with Crippen LogP contribution < -0.4 is 9.47 Å². The molecule has 1 aliphatic heterocycles. The van der Waals surface area contributed by atoms with Gasteiger partial charge in [-0.15, -0.1) is 0 Å². The van der Waals surface area contributed by atoms with Gasteiger partial charge in [0.1, 0.15) is 5.15 Å². The maximum atomic E-state index is 6.08. The number of fused-ring (bicyclic) bond motifs is 1. The highest BCUT2D eigenvalue weighted by Gasteiger charge is 2.14. The van der Waals surface area contributed by atoms with Gasteiger partial charge in [-0.1, -0.05) is 11.6 Å². The Kier molecular flexibility index (Phi) is 3.81. The first-order valence-electron chi connectivity index (χ1n) is 6.25. The molecule has 0 amide bonds. The first kappa shape index (κ1) is 13.6. The zero-order valence-electron chi connectivity index (χ0n) is 10.8. The lowest BCUT2D eigenvalue weighted by atomic mass is 10.2. The van der Waals surface area contributed by atoms with Crippen molar-refractivity contribution >= 4 is 27.5 Å². The Labute approximate surface area is 130 Å². The fourth-order valence-electron chi connectivity index (χ4n) is 1.96. The maximum Gasteiger partial charge on any atom is 0.161 e. The number of nitrogens with zero attached hydrogens (tertiary/aromatic N) is 2. The minimum absolute atomic E-state index is 0.402. The molecule has 0 saturated carbocycles. The zero-order valence-corrected chi connectivity index (χ0v) is 13.2. The van der Waals surface area contributed by atoms with Crippen molar-refractivity contribution in [2.45, 2.75) is 13.3 Å². The van der Waals surface area contributed by atoms with Crippen molar-refractivity contribution in [2.75, 3.05) is 13.2 Å². The van der Waals surface area contributed by atoms with Crippen LogP contribution in [0.5, 0.6) is 11.5 Å². The van der Waals surface area contributed by atoms with Crippen molar-refractivity contribution in [2.24, 2.45) is 0 Å². The fraction of sp³-hybridized carbons (Fsp3) is 0.286. The Balaban J connectivity index is 2.04. The summed E-state index contributed by atoms with van der Waals surface area (Å²) < 4.78 is 12.0. The number of rotatable bonds is 1. The van der Waals surface area contributed by atoms with Gasteiger partial charge < -0.3 is 9.47 Å². The lowest BCUT2D eigenvalue weighted by molar-refractivity contribution is 0.297. The van der Waals surface area contributed by atoms with Crippen LogP contribution in [0.1, 0.15) is 12.1 Å². The summed E-state index contributed by atoms with van der Waals surface area (Å²) >= 11 is 9.44. The van der Waals surface area contributed by atoms with Crippen molar-refractivity contribution in [1.29, 1.82) is 0 Å². The van der Waals surface area contributed by atoms with Gasteiger partial charge in [-0.2, -0.15) is 0 Å². The molecule has 0 spiro atoms. The van der Waals surface area contributed by atoms with Crippen LogP contribution in [-0.4, -0.2) is 23.2 Å². The predicted octanol–water partition coefficient (Wildman–Crippen LogP) is 4.03. The molecule has 2 aromatic rings. The van der Waals surface area contributed by atoms with Gasteiger partial charge in [-0.25, -0.2) is 9.97 Å². The summed E-state index contributed by atoms with van der Waals surface area (Å²) in [4.78, 5) is 8.72. The average Bonchev–Trinajstić information content (AvgIpc) is 2.68. The summed E-state index contributed by atoms with van der Waals surface area (Å²) in [7, 11) is 0. The third kappa shape index (κ3) is 2.60. The normalized spacial score (nSPS) is 13.9. The Morgan fingerprint density at radius 1 is 1.15 bits per heavy atom. The Morgan fingerprint density at radius 3 is 2.65 bits per heavy atom. The third-order valence-electron chi connectivity index (χ3n) is 2.98. The number of ether oxygens (including phenoxy) is 2. The van der Waals surface area contributed by atoms with Gasteiger partial charge in [0.15, 0.2) is 17.3 Å². The van der Waals surface area contributed by atoms with Gasteiger partial charge in [0.05, 0.1) is 23.4 Å². The molecule has 20 heavy (non-hydrogen) atoms. The molecule has 2 heterocycles. The first-order valence-corrected chi connectivity index (χ1v) is 7.42. The molecule has 0 unspecified atom stereocenters. The van der Waals surface area contributed by atoms with E-state index in [1.165, 1.54) is 0 Å². The van der Waals surface area contributed by atoms with Crippen molar-refractivity contribution < 1.29 is 9.47 Å². The molecule has 1 aromatic carbocycles. The number of halogens is 2. The minimum Gasteiger partial charge on any atom is -0.490 e. The molecule has 0 radical (unpaired) electrons. The monoisotopic (exact) mass is 354 g/mol. The highest BCUT2D eigenvalue weighted by atomic mass is 79.9. The van der Waals surface area contributed by atoms with Crippen LogP contribution in [0.25, 0.3) is 11.4 Å². The summed E-state index contributed by atoms with van der Waals surface area (Å²) in [5.41, 5.74) is 1.65. The molecule has 0 bridgehead atoms. The summed E-state index contributed by atoms with van der Waals surface area (Å²) in [6.45, 7) is 3.20. The van der Waals surface area contributed by atoms with E-state index in [-0.39, 0.29) is 0 Å². The third-order valence-corrected chi connectivity index (χ3v) is 4.43. The van der Waals surface area contributed by atoms with E-state index in [4.69, 9.17) is 21.1 Å². The van der Waals surface area contributed by atoms with Crippen LogP contribution in [0.4, 0.5) is 0 Å². The average molecular weight is 356 g/mol. The lowest BCUT2D eigenvalue weighted by Gasteiger charge is -2.09. The second-order valence-corrected chi connectivity index (χ2v) is 5.60.